The summed E-state index contributed by atoms with van der Waals surface area (Å²) in [5.74, 6) is -0.118. The number of hydrogen-bond donors (Lipinski definition) is 1. The van der Waals surface area contributed by atoms with Gasteiger partial charge in [0, 0.05) is 10.9 Å². The molecule has 0 radical (unpaired) electrons. The van der Waals surface area contributed by atoms with Crippen LogP contribution >= 0.6 is 15.9 Å². The van der Waals surface area contributed by atoms with Gasteiger partial charge in [-0.1, -0.05) is 15.9 Å². The molecule has 0 saturated heterocycles. The summed E-state index contributed by atoms with van der Waals surface area (Å²) in [7, 11) is 2.81. The van der Waals surface area contributed by atoms with Crippen LogP contribution in [-0.4, -0.2) is 26.1 Å². The third kappa shape index (κ3) is 4.37. The van der Waals surface area contributed by atoms with Crippen LogP contribution in [0.25, 0.3) is 0 Å². The predicted octanol–water partition coefficient (Wildman–Crippen LogP) is 2.35. The fraction of sp³-hybridized carbons (Fsp3) is 0.333. The molecule has 0 aromatic heterocycles. The maximum Gasteiger partial charge on any atom is 0.306 e. The molecule has 0 saturated carbocycles. The van der Waals surface area contributed by atoms with Gasteiger partial charge in [0.25, 0.3) is 0 Å². The molecule has 18 heavy (non-hydrogen) atoms. The molecule has 6 heteroatoms. The second-order valence-corrected chi connectivity index (χ2v) is 4.38. The molecule has 0 aliphatic rings. The zero-order chi connectivity index (χ0) is 13.5. The Morgan fingerprint density at radius 2 is 2.00 bits per heavy atom. The van der Waals surface area contributed by atoms with Gasteiger partial charge < -0.3 is 14.8 Å². The van der Waals surface area contributed by atoms with Crippen LogP contribution in [0.15, 0.2) is 22.7 Å². The molecule has 0 unspecified atom stereocenters. The number of rotatable bonds is 5. The minimum Gasteiger partial charge on any atom is -0.495 e. The number of methoxy groups -OCH3 is 2. The summed E-state index contributed by atoms with van der Waals surface area (Å²) in [5, 5.41) is 2.68. The molecule has 0 heterocycles. The molecule has 0 fully saturated rings. The van der Waals surface area contributed by atoms with Gasteiger partial charge in [-0.25, -0.2) is 0 Å². The monoisotopic (exact) mass is 315 g/mol. The first-order valence-electron chi connectivity index (χ1n) is 5.27. The number of halogens is 1. The maximum atomic E-state index is 11.6. The van der Waals surface area contributed by atoms with Crippen molar-refractivity contribution in [2.24, 2.45) is 0 Å². The Morgan fingerprint density at radius 3 is 2.61 bits per heavy atom. The third-order valence-corrected chi connectivity index (χ3v) is 2.71. The van der Waals surface area contributed by atoms with E-state index in [0.29, 0.717) is 11.4 Å². The van der Waals surface area contributed by atoms with Crippen LogP contribution < -0.4 is 10.1 Å². The van der Waals surface area contributed by atoms with Crippen molar-refractivity contribution >= 4 is 33.5 Å². The standard InChI is InChI=1S/C12H14BrNO4/c1-17-10-4-3-8(13)7-9(10)14-11(15)5-6-12(16)18-2/h3-4,7H,5-6H2,1-2H3,(H,14,15). The van der Waals surface area contributed by atoms with E-state index in [4.69, 9.17) is 4.74 Å². The van der Waals surface area contributed by atoms with Gasteiger partial charge in [-0.2, -0.15) is 0 Å². The van der Waals surface area contributed by atoms with Gasteiger partial charge in [-0.3, -0.25) is 9.59 Å². The van der Waals surface area contributed by atoms with E-state index in [1.54, 1.807) is 12.1 Å². The van der Waals surface area contributed by atoms with E-state index in [2.05, 4.69) is 26.0 Å². The molecule has 5 nitrogen and oxygen atoms in total. The first-order chi connectivity index (χ1) is 8.56. The number of nitrogens with one attached hydrogen (secondary N) is 1. The van der Waals surface area contributed by atoms with E-state index in [0.717, 1.165) is 4.47 Å². The lowest BCUT2D eigenvalue weighted by Gasteiger charge is -2.10. The van der Waals surface area contributed by atoms with Crippen molar-refractivity contribution in [3.63, 3.8) is 0 Å². The second-order valence-electron chi connectivity index (χ2n) is 3.47. The number of anilines is 1. The van der Waals surface area contributed by atoms with Crippen molar-refractivity contribution in [3.8, 4) is 5.75 Å². The SMILES string of the molecule is COC(=O)CCC(=O)Nc1cc(Br)ccc1OC. The van der Waals surface area contributed by atoms with Crippen LogP contribution in [0.3, 0.4) is 0 Å². The average molecular weight is 316 g/mol. The highest BCUT2D eigenvalue weighted by Crippen LogP contribution is 2.27. The van der Waals surface area contributed by atoms with Crippen LogP contribution in [0.2, 0.25) is 0 Å². The fourth-order valence-electron chi connectivity index (χ4n) is 1.31. The van der Waals surface area contributed by atoms with Crippen molar-refractivity contribution < 1.29 is 19.1 Å². The van der Waals surface area contributed by atoms with Crippen LogP contribution in [-0.2, 0) is 14.3 Å². The summed E-state index contributed by atoms with van der Waals surface area (Å²) in [4.78, 5) is 22.5. The van der Waals surface area contributed by atoms with Crippen molar-refractivity contribution in [2.75, 3.05) is 19.5 Å². The molecule has 1 aromatic rings. The molecule has 0 spiro atoms. The fourth-order valence-corrected chi connectivity index (χ4v) is 1.67. The lowest BCUT2D eigenvalue weighted by Crippen LogP contribution is -2.14. The summed E-state index contributed by atoms with van der Waals surface area (Å²) < 4.78 is 10.4. The van der Waals surface area contributed by atoms with Gasteiger partial charge in [0.15, 0.2) is 0 Å². The Kier molecular flexibility index (Phi) is 5.64. The third-order valence-electron chi connectivity index (χ3n) is 2.22. The van der Waals surface area contributed by atoms with E-state index < -0.39 is 5.97 Å². The zero-order valence-corrected chi connectivity index (χ0v) is 11.7. The van der Waals surface area contributed by atoms with Crippen molar-refractivity contribution in [2.45, 2.75) is 12.8 Å². The van der Waals surface area contributed by atoms with Crippen molar-refractivity contribution in [1.29, 1.82) is 0 Å². The Morgan fingerprint density at radius 1 is 1.28 bits per heavy atom. The zero-order valence-electron chi connectivity index (χ0n) is 10.2. The molecule has 0 bridgehead atoms. The van der Waals surface area contributed by atoms with Crippen molar-refractivity contribution in [3.05, 3.63) is 22.7 Å². The Balaban J connectivity index is 2.63. The van der Waals surface area contributed by atoms with E-state index >= 15 is 0 Å². The number of carbonyl (C=O) groups is 2. The number of esters is 1. The molecule has 1 N–H and O–H groups in total. The van der Waals surface area contributed by atoms with E-state index in [9.17, 15) is 9.59 Å². The van der Waals surface area contributed by atoms with Gasteiger partial charge in [-0.05, 0) is 18.2 Å². The van der Waals surface area contributed by atoms with E-state index in [1.165, 1.54) is 14.2 Å². The van der Waals surface area contributed by atoms with Gasteiger partial charge in [0.05, 0.1) is 26.3 Å². The van der Waals surface area contributed by atoms with Crippen LogP contribution in [0.5, 0.6) is 5.75 Å². The Hall–Kier alpha value is -1.56. The summed E-state index contributed by atoms with van der Waals surface area (Å²) in [6, 6.07) is 5.28. The van der Waals surface area contributed by atoms with E-state index in [-0.39, 0.29) is 18.7 Å². The quantitative estimate of drug-likeness (QED) is 0.847. The number of amides is 1. The van der Waals surface area contributed by atoms with Gasteiger partial charge in [0.2, 0.25) is 5.91 Å². The van der Waals surface area contributed by atoms with Crippen LogP contribution in [0, 0.1) is 0 Å². The van der Waals surface area contributed by atoms with Gasteiger partial charge in [-0.15, -0.1) is 0 Å². The van der Waals surface area contributed by atoms with Gasteiger partial charge >= 0.3 is 5.97 Å². The number of benzene rings is 1. The predicted molar refractivity (Wildman–Crippen MR) is 70.6 cm³/mol. The molecular weight excluding hydrogens is 302 g/mol. The van der Waals surface area contributed by atoms with Gasteiger partial charge in [0.1, 0.15) is 5.75 Å². The average Bonchev–Trinajstić information content (AvgIpc) is 2.36. The minimum atomic E-state index is -0.411. The molecule has 0 aliphatic heterocycles. The molecule has 0 atom stereocenters. The second kappa shape index (κ2) is 7.00. The summed E-state index contributed by atoms with van der Waals surface area (Å²) >= 11 is 3.31. The van der Waals surface area contributed by atoms with Crippen LogP contribution in [0.4, 0.5) is 5.69 Å². The molecule has 1 aromatic carbocycles. The maximum absolute atomic E-state index is 11.6. The minimum absolute atomic E-state index is 0.0542. The van der Waals surface area contributed by atoms with Crippen LogP contribution in [0.1, 0.15) is 12.8 Å². The normalized spacial score (nSPS) is 9.72. The molecule has 1 amide bonds. The molecule has 0 aliphatic carbocycles. The highest BCUT2D eigenvalue weighted by atomic mass is 79.9. The topological polar surface area (TPSA) is 64.6 Å². The largest absolute Gasteiger partial charge is 0.495 e. The number of hydrogen-bond acceptors (Lipinski definition) is 4. The summed E-state index contributed by atoms with van der Waals surface area (Å²) in [6.07, 6.45) is 0.126. The Bertz CT molecular complexity index is 448. The molecule has 1 rings (SSSR count). The van der Waals surface area contributed by atoms with Crippen molar-refractivity contribution in [1.82, 2.24) is 0 Å². The molecule has 98 valence electrons. The molecular formula is C12H14BrNO4. The highest BCUT2D eigenvalue weighted by Gasteiger charge is 2.10. The first-order valence-corrected chi connectivity index (χ1v) is 6.06. The number of carbonyl (C=O) groups excluding carboxylic acids is 2. The Labute approximate surface area is 114 Å². The highest BCUT2D eigenvalue weighted by molar-refractivity contribution is 9.10. The first kappa shape index (κ1) is 14.5. The lowest BCUT2D eigenvalue weighted by atomic mass is 10.2. The summed E-state index contributed by atoms with van der Waals surface area (Å²) in [6.45, 7) is 0. The smallest absolute Gasteiger partial charge is 0.306 e. The lowest BCUT2D eigenvalue weighted by molar-refractivity contribution is -0.141. The summed E-state index contributed by atoms with van der Waals surface area (Å²) in [5.41, 5.74) is 0.557. The van der Waals surface area contributed by atoms with E-state index in [1.807, 2.05) is 6.07 Å². The number of ether oxygens (including phenoxy) is 2.